The molecule has 0 radical (unpaired) electrons. The Labute approximate surface area is 165 Å². The molecule has 5 nitrogen and oxygen atoms in total. The van der Waals surface area contributed by atoms with E-state index >= 15 is 0 Å². The SMILES string of the molecule is CC(C)(C)OC(=O)n1c(C#N)ccc1-c1ccc2c(c1)C1(C=N2)CCCCC1. The fourth-order valence-electron chi connectivity index (χ4n) is 4.30. The minimum atomic E-state index is -0.636. The lowest BCUT2D eigenvalue weighted by atomic mass is 9.71. The van der Waals surface area contributed by atoms with Crippen LogP contribution in [-0.2, 0) is 10.2 Å². The topological polar surface area (TPSA) is 67.4 Å². The Bertz CT molecular complexity index is 996. The molecule has 1 aromatic heterocycles. The van der Waals surface area contributed by atoms with E-state index in [1.54, 1.807) is 6.07 Å². The van der Waals surface area contributed by atoms with E-state index in [9.17, 15) is 10.1 Å². The number of nitrogens with zero attached hydrogens (tertiary/aromatic N) is 3. The lowest BCUT2D eigenvalue weighted by Gasteiger charge is -2.32. The Hall–Kier alpha value is -2.87. The van der Waals surface area contributed by atoms with Gasteiger partial charge in [0.1, 0.15) is 17.4 Å². The van der Waals surface area contributed by atoms with Crippen molar-refractivity contribution in [2.45, 2.75) is 63.9 Å². The molecule has 1 aromatic carbocycles. The van der Waals surface area contributed by atoms with Crippen LogP contribution in [0.4, 0.5) is 10.5 Å². The molecule has 2 heterocycles. The molecule has 1 spiro atoms. The summed E-state index contributed by atoms with van der Waals surface area (Å²) in [7, 11) is 0. The van der Waals surface area contributed by atoms with Crippen molar-refractivity contribution in [3.05, 3.63) is 41.6 Å². The predicted octanol–water partition coefficient (Wildman–Crippen LogP) is 5.73. The summed E-state index contributed by atoms with van der Waals surface area (Å²) in [5.41, 5.74) is 3.48. The second-order valence-electron chi connectivity index (χ2n) is 8.74. The van der Waals surface area contributed by atoms with Gasteiger partial charge in [-0.25, -0.2) is 9.36 Å². The van der Waals surface area contributed by atoms with Crippen molar-refractivity contribution < 1.29 is 9.53 Å². The number of carbonyl (C=O) groups is 1. The largest absolute Gasteiger partial charge is 0.443 e. The summed E-state index contributed by atoms with van der Waals surface area (Å²) in [5.74, 6) is 0. The highest BCUT2D eigenvalue weighted by Gasteiger charge is 2.37. The average molecular weight is 375 g/mol. The molecule has 1 aliphatic heterocycles. The Balaban J connectivity index is 1.78. The zero-order valence-corrected chi connectivity index (χ0v) is 16.7. The van der Waals surface area contributed by atoms with E-state index < -0.39 is 11.7 Å². The molecule has 1 saturated carbocycles. The quantitative estimate of drug-likeness (QED) is 0.639. The first-order valence-electron chi connectivity index (χ1n) is 9.88. The first-order chi connectivity index (χ1) is 13.3. The Morgan fingerprint density at radius 3 is 2.61 bits per heavy atom. The third kappa shape index (κ3) is 3.13. The highest BCUT2D eigenvalue weighted by atomic mass is 16.6. The van der Waals surface area contributed by atoms with Crippen molar-refractivity contribution in [2.24, 2.45) is 4.99 Å². The second kappa shape index (κ2) is 6.63. The van der Waals surface area contributed by atoms with Crippen LogP contribution in [0.5, 0.6) is 0 Å². The molecule has 2 aliphatic rings. The van der Waals surface area contributed by atoms with E-state index in [2.05, 4.69) is 23.3 Å². The van der Waals surface area contributed by atoms with E-state index in [1.165, 1.54) is 29.4 Å². The van der Waals surface area contributed by atoms with E-state index in [1.807, 2.05) is 39.0 Å². The summed E-state index contributed by atoms with van der Waals surface area (Å²) in [5, 5.41) is 9.48. The molecule has 0 bridgehead atoms. The number of hydrogen-bond donors (Lipinski definition) is 0. The van der Waals surface area contributed by atoms with Crippen molar-refractivity contribution in [3.63, 3.8) is 0 Å². The molecular weight excluding hydrogens is 350 g/mol. The molecule has 1 aliphatic carbocycles. The maximum Gasteiger partial charge on any atom is 0.420 e. The fourth-order valence-corrected chi connectivity index (χ4v) is 4.30. The van der Waals surface area contributed by atoms with Crippen molar-refractivity contribution in [2.75, 3.05) is 0 Å². The summed E-state index contributed by atoms with van der Waals surface area (Å²) in [6.45, 7) is 5.46. The van der Waals surface area contributed by atoms with Gasteiger partial charge in [0.2, 0.25) is 0 Å². The minimum absolute atomic E-state index is 0.0188. The molecule has 4 rings (SSSR count). The zero-order valence-electron chi connectivity index (χ0n) is 16.7. The van der Waals surface area contributed by atoms with Crippen LogP contribution in [-0.4, -0.2) is 22.5 Å². The third-order valence-corrected chi connectivity index (χ3v) is 5.60. The minimum Gasteiger partial charge on any atom is -0.443 e. The fraction of sp³-hybridized carbons (Fsp3) is 0.435. The number of carbonyl (C=O) groups excluding carboxylic acids is 1. The normalized spacial score (nSPS) is 17.4. The molecule has 0 unspecified atom stereocenters. The van der Waals surface area contributed by atoms with Crippen LogP contribution in [0, 0.1) is 11.3 Å². The average Bonchev–Trinajstić information content (AvgIpc) is 3.23. The Morgan fingerprint density at radius 1 is 1.18 bits per heavy atom. The molecule has 0 saturated heterocycles. The van der Waals surface area contributed by atoms with E-state index in [0.717, 1.165) is 24.1 Å². The maximum absolute atomic E-state index is 12.8. The van der Waals surface area contributed by atoms with Crippen LogP contribution in [0.25, 0.3) is 11.3 Å². The number of fused-ring (bicyclic) bond motifs is 2. The lowest BCUT2D eigenvalue weighted by molar-refractivity contribution is 0.0539. The van der Waals surface area contributed by atoms with Gasteiger partial charge < -0.3 is 4.74 Å². The van der Waals surface area contributed by atoms with Crippen LogP contribution in [0.1, 0.15) is 64.1 Å². The van der Waals surface area contributed by atoms with Gasteiger partial charge in [-0.2, -0.15) is 5.26 Å². The van der Waals surface area contributed by atoms with Crippen LogP contribution < -0.4 is 0 Å². The van der Waals surface area contributed by atoms with E-state index in [4.69, 9.17) is 4.74 Å². The van der Waals surface area contributed by atoms with Gasteiger partial charge in [-0.05, 0) is 69.0 Å². The van der Waals surface area contributed by atoms with E-state index in [-0.39, 0.29) is 11.1 Å². The molecule has 144 valence electrons. The van der Waals surface area contributed by atoms with Gasteiger partial charge in [0, 0.05) is 11.6 Å². The molecule has 0 amide bonds. The van der Waals surface area contributed by atoms with Gasteiger partial charge in [-0.15, -0.1) is 0 Å². The van der Waals surface area contributed by atoms with Crippen molar-refractivity contribution in [1.29, 1.82) is 5.26 Å². The summed E-state index contributed by atoms with van der Waals surface area (Å²) in [6.07, 6.45) is 7.51. The standard InChI is InChI=1S/C23H25N3O2/c1-22(2,3)28-21(27)26-17(14-24)8-10-20(26)16-7-9-19-18(13-16)23(15-25-19)11-5-4-6-12-23/h7-10,13,15H,4-6,11-12H2,1-3H3. The number of nitriles is 1. The summed E-state index contributed by atoms with van der Waals surface area (Å²) in [4.78, 5) is 17.5. The van der Waals surface area contributed by atoms with Crippen molar-refractivity contribution in [3.8, 4) is 17.3 Å². The van der Waals surface area contributed by atoms with Crippen LogP contribution in [0.3, 0.4) is 0 Å². The number of aromatic nitrogens is 1. The number of hydrogen-bond acceptors (Lipinski definition) is 4. The van der Waals surface area contributed by atoms with Crippen LogP contribution >= 0.6 is 0 Å². The van der Waals surface area contributed by atoms with Gasteiger partial charge in [-0.1, -0.05) is 25.3 Å². The molecule has 2 aromatic rings. The molecule has 1 fully saturated rings. The lowest BCUT2D eigenvalue weighted by Crippen LogP contribution is -2.29. The number of ether oxygens (including phenoxy) is 1. The Morgan fingerprint density at radius 2 is 1.93 bits per heavy atom. The van der Waals surface area contributed by atoms with Crippen LogP contribution in [0.2, 0.25) is 0 Å². The zero-order chi connectivity index (χ0) is 19.9. The predicted molar refractivity (Wildman–Crippen MR) is 109 cm³/mol. The number of rotatable bonds is 1. The van der Waals surface area contributed by atoms with Gasteiger partial charge >= 0.3 is 6.09 Å². The van der Waals surface area contributed by atoms with Gasteiger partial charge in [0.25, 0.3) is 0 Å². The van der Waals surface area contributed by atoms with Gasteiger partial charge in [0.05, 0.1) is 11.4 Å². The van der Waals surface area contributed by atoms with Crippen molar-refractivity contribution >= 4 is 18.0 Å². The third-order valence-electron chi connectivity index (χ3n) is 5.60. The number of benzene rings is 1. The van der Waals surface area contributed by atoms with Crippen molar-refractivity contribution in [1.82, 2.24) is 4.57 Å². The molecule has 0 N–H and O–H groups in total. The highest BCUT2D eigenvalue weighted by molar-refractivity contribution is 5.88. The summed E-state index contributed by atoms with van der Waals surface area (Å²) < 4.78 is 6.91. The summed E-state index contributed by atoms with van der Waals surface area (Å²) >= 11 is 0. The van der Waals surface area contributed by atoms with Gasteiger partial charge in [0.15, 0.2) is 0 Å². The van der Waals surface area contributed by atoms with Crippen LogP contribution in [0.15, 0.2) is 35.3 Å². The molecule has 5 heteroatoms. The second-order valence-corrected chi connectivity index (χ2v) is 8.74. The highest BCUT2D eigenvalue weighted by Crippen LogP contribution is 2.47. The number of aliphatic imine (C=N–C) groups is 1. The van der Waals surface area contributed by atoms with Gasteiger partial charge in [-0.3, -0.25) is 4.99 Å². The molecular formula is C23H25N3O2. The first kappa shape index (κ1) is 18.5. The maximum atomic E-state index is 12.8. The van der Waals surface area contributed by atoms with E-state index in [0.29, 0.717) is 5.69 Å². The smallest absolute Gasteiger partial charge is 0.420 e. The first-order valence-corrected chi connectivity index (χ1v) is 9.88. The summed E-state index contributed by atoms with van der Waals surface area (Å²) in [6, 6.07) is 11.7. The Kier molecular flexibility index (Phi) is 4.38. The monoisotopic (exact) mass is 375 g/mol. The molecule has 28 heavy (non-hydrogen) atoms. The molecule has 0 atom stereocenters.